The molecule has 1 radical (unpaired) electrons. The molecule has 0 aromatic heterocycles. The van der Waals surface area contributed by atoms with Crippen LogP contribution >= 0.6 is 0 Å². The van der Waals surface area contributed by atoms with E-state index in [1.54, 1.807) is 0 Å². The van der Waals surface area contributed by atoms with Crippen molar-refractivity contribution in [3.8, 4) is 0 Å². The minimum Gasteiger partial charge on any atom is -0.198 e. The molecule has 0 atom stereocenters. The summed E-state index contributed by atoms with van der Waals surface area (Å²) in [5.74, 6) is 5.77. The molecular formula is CH4NO3S. The quantitative estimate of drug-likeness (QED) is 0.413. The van der Waals surface area contributed by atoms with Crippen molar-refractivity contribution in [2.75, 3.05) is 6.26 Å². The molecule has 0 amide bonds. The molecule has 0 aliphatic rings. The van der Waals surface area contributed by atoms with E-state index in [1.807, 2.05) is 0 Å². The van der Waals surface area contributed by atoms with Gasteiger partial charge in [-0.25, -0.2) is 0 Å². The molecule has 0 saturated heterocycles. The summed E-state index contributed by atoms with van der Waals surface area (Å²) in [6, 6.07) is 0. The van der Waals surface area contributed by atoms with Gasteiger partial charge in [-0.15, -0.1) is 0 Å². The Bertz CT molecular complexity index is 113. The maximum atomic E-state index is 9.59. The average molecular weight is 110 g/mol. The first-order valence-electron chi connectivity index (χ1n) is 1.11. The summed E-state index contributed by atoms with van der Waals surface area (Å²) >= 11 is 0. The highest BCUT2D eigenvalue weighted by molar-refractivity contribution is 7.85. The lowest BCUT2D eigenvalue weighted by molar-refractivity contribution is 0.314. The number of nitrogens with one attached hydrogen (secondary N) is 1. The van der Waals surface area contributed by atoms with Crippen molar-refractivity contribution in [2.24, 2.45) is 0 Å². The van der Waals surface area contributed by atoms with Gasteiger partial charge in [-0.05, 0) is 0 Å². The van der Waals surface area contributed by atoms with Crippen molar-refractivity contribution in [3.05, 3.63) is 0 Å². The molecule has 1 N–H and O–H groups in total. The van der Waals surface area contributed by atoms with Crippen LogP contribution in [0.1, 0.15) is 0 Å². The highest BCUT2D eigenvalue weighted by atomic mass is 32.2. The minimum absolute atomic E-state index is 0.806. The van der Waals surface area contributed by atoms with Gasteiger partial charge in [0.25, 0.3) is 10.1 Å². The maximum Gasteiger partial charge on any atom is 0.281 e. The summed E-state index contributed by atoms with van der Waals surface area (Å²) < 4.78 is 22.3. The van der Waals surface area contributed by atoms with E-state index in [-0.39, 0.29) is 0 Å². The molecule has 0 spiro atoms. The Balaban J connectivity index is 3.85. The third-order valence-corrected chi connectivity index (χ3v) is 0.454. The van der Waals surface area contributed by atoms with Crippen molar-refractivity contribution in [1.29, 1.82) is 0 Å². The Kier molecular flexibility index (Phi) is 1.51. The van der Waals surface area contributed by atoms with Crippen molar-refractivity contribution in [3.63, 3.8) is 0 Å². The van der Waals surface area contributed by atoms with Gasteiger partial charge in [0.05, 0.1) is 6.26 Å². The van der Waals surface area contributed by atoms with E-state index in [4.69, 9.17) is 5.90 Å². The van der Waals surface area contributed by atoms with Gasteiger partial charge in [0, 0.05) is 0 Å². The van der Waals surface area contributed by atoms with Gasteiger partial charge in [0.2, 0.25) is 0 Å². The van der Waals surface area contributed by atoms with Gasteiger partial charge in [0.1, 0.15) is 0 Å². The van der Waals surface area contributed by atoms with Crippen LogP contribution in [-0.4, -0.2) is 14.7 Å². The zero-order valence-corrected chi connectivity index (χ0v) is 3.95. The third-order valence-electron chi connectivity index (χ3n) is 0.151. The zero-order valence-electron chi connectivity index (χ0n) is 3.13. The predicted octanol–water partition coefficient (Wildman–Crippen LogP) is -0.839. The van der Waals surface area contributed by atoms with Gasteiger partial charge >= 0.3 is 0 Å². The smallest absolute Gasteiger partial charge is 0.198 e. The van der Waals surface area contributed by atoms with Crippen LogP contribution in [0, 0.1) is 0 Å². The Hall–Kier alpha value is -0.130. The first kappa shape index (κ1) is 5.87. The predicted molar refractivity (Wildman–Crippen MR) is 19.0 cm³/mol. The van der Waals surface area contributed by atoms with Gasteiger partial charge in [-0.2, -0.15) is 12.7 Å². The fourth-order valence-electron chi connectivity index (χ4n) is 0. The molecule has 0 bridgehead atoms. The standard InChI is InChI=1S/CH4NO3S/c1-6(3,4)5-2/h2H,1H3. The summed E-state index contributed by atoms with van der Waals surface area (Å²) in [4.78, 5) is 0. The SMILES string of the molecule is CS(=O)(=O)O[NH]. The van der Waals surface area contributed by atoms with Crippen LogP contribution in [-0.2, 0) is 14.4 Å². The molecule has 0 heterocycles. The molecule has 4 nitrogen and oxygen atoms in total. The van der Waals surface area contributed by atoms with E-state index in [0.717, 1.165) is 6.26 Å². The monoisotopic (exact) mass is 110 g/mol. The van der Waals surface area contributed by atoms with Crippen LogP contribution in [0.4, 0.5) is 0 Å². The molecule has 0 aromatic carbocycles. The molecule has 5 heteroatoms. The lowest BCUT2D eigenvalue weighted by Crippen LogP contribution is -1.98. The highest BCUT2D eigenvalue weighted by Gasteiger charge is 1.92. The van der Waals surface area contributed by atoms with Gasteiger partial charge < -0.3 is 0 Å². The van der Waals surface area contributed by atoms with Crippen molar-refractivity contribution < 1.29 is 12.7 Å². The van der Waals surface area contributed by atoms with Crippen LogP contribution in [0.25, 0.3) is 0 Å². The first-order chi connectivity index (χ1) is 2.56. The van der Waals surface area contributed by atoms with E-state index < -0.39 is 10.1 Å². The summed E-state index contributed by atoms with van der Waals surface area (Å²) in [6.07, 6.45) is 0.806. The van der Waals surface area contributed by atoms with Gasteiger partial charge in [-0.1, -0.05) is 5.90 Å². The molecule has 0 rings (SSSR count). The third kappa shape index (κ3) is 3.87. The topological polar surface area (TPSA) is 67.2 Å². The molecular weight excluding hydrogens is 106 g/mol. The lowest BCUT2D eigenvalue weighted by atomic mass is 12.0. The van der Waals surface area contributed by atoms with Crippen LogP contribution in [0.5, 0.6) is 0 Å². The average Bonchev–Trinajstić information content (AvgIpc) is 1.35. The zero-order chi connectivity index (χ0) is 5.21. The largest absolute Gasteiger partial charge is 0.281 e. The molecule has 0 unspecified atom stereocenters. The molecule has 0 aromatic rings. The van der Waals surface area contributed by atoms with E-state index in [0.29, 0.717) is 0 Å². The van der Waals surface area contributed by atoms with Crippen molar-refractivity contribution in [1.82, 2.24) is 5.90 Å². The van der Waals surface area contributed by atoms with Crippen LogP contribution in [0.3, 0.4) is 0 Å². The van der Waals surface area contributed by atoms with Crippen molar-refractivity contribution in [2.45, 2.75) is 0 Å². The highest BCUT2D eigenvalue weighted by Crippen LogP contribution is 1.74. The summed E-state index contributed by atoms with van der Waals surface area (Å²) in [5, 5.41) is 0. The Labute approximate surface area is 36.0 Å². The van der Waals surface area contributed by atoms with E-state index >= 15 is 0 Å². The second-order valence-corrected chi connectivity index (χ2v) is 2.36. The van der Waals surface area contributed by atoms with E-state index in [1.165, 1.54) is 0 Å². The number of rotatable bonds is 1. The number of hydrogen-bond donors (Lipinski definition) is 0. The number of hydrogen-bond acceptors (Lipinski definition) is 3. The molecule has 6 heavy (non-hydrogen) atoms. The van der Waals surface area contributed by atoms with Crippen LogP contribution < -0.4 is 5.90 Å². The summed E-state index contributed by atoms with van der Waals surface area (Å²) in [5.41, 5.74) is 0. The fraction of sp³-hybridized carbons (Fsp3) is 1.00. The van der Waals surface area contributed by atoms with Gasteiger partial charge in [-0.3, -0.25) is 0 Å². The van der Waals surface area contributed by atoms with Crippen LogP contribution in [0.2, 0.25) is 0 Å². The normalized spacial score (nSPS) is 11.7. The minimum atomic E-state index is -3.50. The Morgan fingerprint density at radius 3 is 1.83 bits per heavy atom. The molecule has 0 fully saturated rings. The van der Waals surface area contributed by atoms with Crippen molar-refractivity contribution >= 4 is 10.1 Å². The van der Waals surface area contributed by atoms with E-state index in [2.05, 4.69) is 4.28 Å². The second kappa shape index (κ2) is 1.55. The summed E-state index contributed by atoms with van der Waals surface area (Å²) in [6.45, 7) is 0. The molecule has 0 aliphatic carbocycles. The maximum absolute atomic E-state index is 9.59. The molecule has 0 saturated carbocycles. The molecule has 37 valence electrons. The first-order valence-corrected chi connectivity index (χ1v) is 2.93. The fourth-order valence-corrected chi connectivity index (χ4v) is 0. The lowest BCUT2D eigenvalue weighted by Gasteiger charge is -1.81. The second-order valence-electron chi connectivity index (χ2n) is 0.787. The Morgan fingerprint density at radius 2 is 1.83 bits per heavy atom. The summed E-state index contributed by atoms with van der Waals surface area (Å²) in [7, 11) is -3.50. The Morgan fingerprint density at radius 1 is 1.67 bits per heavy atom. The van der Waals surface area contributed by atoms with Gasteiger partial charge in [0.15, 0.2) is 0 Å². The molecule has 0 aliphatic heterocycles. The van der Waals surface area contributed by atoms with E-state index in [9.17, 15) is 8.42 Å². The van der Waals surface area contributed by atoms with Crippen LogP contribution in [0.15, 0.2) is 0 Å².